The monoisotopic (exact) mass is 293 g/mol. The van der Waals surface area contributed by atoms with Crippen LogP contribution in [0.3, 0.4) is 0 Å². The lowest BCUT2D eigenvalue weighted by molar-refractivity contribution is 0.297. The molecule has 2 heterocycles. The molecule has 0 aliphatic carbocycles. The molecular weight excluding hydrogens is 282 g/mol. The standard InChI is InChI=1S/C13H12ClN3O3/c1-18-13-16-11(15-12(14)17-13)8-3-4-9-10(7-8)20-6-2-5-19-9/h3-4,7H,2,5-6H2,1H3. The minimum Gasteiger partial charge on any atom is -0.490 e. The summed E-state index contributed by atoms with van der Waals surface area (Å²) in [6.07, 6.45) is 0.857. The van der Waals surface area contributed by atoms with E-state index in [-0.39, 0.29) is 11.3 Å². The summed E-state index contributed by atoms with van der Waals surface area (Å²) < 4.78 is 16.2. The van der Waals surface area contributed by atoms with E-state index in [9.17, 15) is 0 Å². The van der Waals surface area contributed by atoms with E-state index in [0.717, 1.165) is 17.7 Å². The van der Waals surface area contributed by atoms with Crippen LogP contribution in [0.15, 0.2) is 18.2 Å². The summed E-state index contributed by atoms with van der Waals surface area (Å²) >= 11 is 5.85. The Hall–Kier alpha value is -2.08. The third-order valence-electron chi connectivity index (χ3n) is 2.78. The lowest BCUT2D eigenvalue weighted by Gasteiger charge is -2.09. The van der Waals surface area contributed by atoms with Crippen molar-refractivity contribution in [2.45, 2.75) is 6.42 Å². The van der Waals surface area contributed by atoms with Gasteiger partial charge < -0.3 is 14.2 Å². The molecule has 104 valence electrons. The number of rotatable bonds is 2. The van der Waals surface area contributed by atoms with Crippen LogP contribution in [0.2, 0.25) is 5.28 Å². The minimum atomic E-state index is 0.0824. The van der Waals surface area contributed by atoms with Crippen LogP contribution in [0.1, 0.15) is 6.42 Å². The molecule has 0 saturated carbocycles. The van der Waals surface area contributed by atoms with Crippen molar-refractivity contribution in [3.8, 4) is 28.9 Å². The van der Waals surface area contributed by atoms with Crippen LogP contribution in [0.25, 0.3) is 11.4 Å². The van der Waals surface area contributed by atoms with Crippen LogP contribution in [0, 0.1) is 0 Å². The number of fused-ring (bicyclic) bond motifs is 1. The number of nitrogens with zero attached hydrogens (tertiary/aromatic N) is 3. The summed E-state index contributed by atoms with van der Waals surface area (Å²) in [5.74, 6) is 1.83. The number of aromatic nitrogens is 3. The Morgan fingerprint density at radius 2 is 1.90 bits per heavy atom. The zero-order chi connectivity index (χ0) is 13.9. The molecule has 0 fully saturated rings. The van der Waals surface area contributed by atoms with Crippen molar-refractivity contribution in [2.75, 3.05) is 20.3 Å². The average Bonchev–Trinajstić information content (AvgIpc) is 2.70. The van der Waals surface area contributed by atoms with Gasteiger partial charge in [-0.1, -0.05) is 0 Å². The third kappa shape index (κ3) is 2.60. The Kier molecular flexibility index (Phi) is 3.56. The fourth-order valence-electron chi connectivity index (χ4n) is 1.85. The van der Waals surface area contributed by atoms with Crippen molar-refractivity contribution in [1.29, 1.82) is 0 Å². The predicted octanol–water partition coefficient (Wildman–Crippen LogP) is 2.36. The van der Waals surface area contributed by atoms with Gasteiger partial charge in [-0.05, 0) is 29.8 Å². The van der Waals surface area contributed by atoms with E-state index in [4.69, 9.17) is 25.8 Å². The number of hydrogen-bond donors (Lipinski definition) is 0. The highest BCUT2D eigenvalue weighted by molar-refractivity contribution is 6.28. The molecule has 2 aromatic rings. The number of halogens is 1. The molecule has 0 bridgehead atoms. The van der Waals surface area contributed by atoms with Gasteiger partial charge in [0.15, 0.2) is 17.3 Å². The number of hydrogen-bond acceptors (Lipinski definition) is 6. The molecular formula is C13H12ClN3O3. The Morgan fingerprint density at radius 3 is 2.70 bits per heavy atom. The van der Waals surface area contributed by atoms with Gasteiger partial charge in [0, 0.05) is 12.0 Å². The first-order chi connectivity index (χ1) is 9.76. The molecule has 0 N–H and O–H groups in total. The van der Waals surface area contributed by atoms with Crippen molar-refractivity contribution in [1.82, 2.24) is 15.0 Å². The molecule has 0 unspecified atom stereocenters. The normalized spacial score (nSPS) is 13.7. The molecule has 0 radical (unpaired) electrons. The Morgan fingerprint density at radius 1 is 1.10 bits per heavy atom. The summed E-state index contributed by atoms with van der Waals surface area (Å²) in [4.78, 5) is 12.1. The Bertz CT molecular complexity index is 636. The van der Waals surface area contributed by atoms with Gasteiger partial charge in [0.2, 0.25) is 5.28 Å². The first-order valence-corrected chi connectivity index (χ1v) is 6.49. The quantitative estimate of drug-likeness (QED) is 0.847. The van der Waals surface area contributed by atoms with Crippen LogP contribution in [0.4, 0.5) is 0 Å². The van der Waals surface area contributed by atoms with Crippen molar-refractivity contribution in [3.63, 3.8) is 0 Å². The molecule has 0 amide bonds. The zero-order valence-corrected chi connectivity index (χ0v) is 11.6. The lowest BCUT2D eigenvalue weighted by atomic mass is 10.2. The van der Waals surface area contributed by atoms with Gasteiger partial charge in [0.05, 0.1) is 20.3 Å². The van der Waals surface area contributed by atoms with Crippen LogP contribution < -0.4 is 14.2 Å². The molecule has 6 nitrogen and oxygen atoms in total. The van der Waals surface area contributed by atoms with Crippen molar-refractivity contribution < 1.29 is 14.2 Å². The molecule has 7 heteroatoms. The number of ether oxygens (including phenoxy) is 3. The van der Waals surface area contributed by atoms with Crippen LogP contribution >= 0.6 is 11.6 Å². The van der Waals surface area contributed by atoms with E-state index in [1.54, 1.807) is 0 Å². The van der Waals surface area contributed by atoms with Gasteiger partial charge in [-0.3, -0.25) is 0 Å². The summed E-state index contributed by atoms with van der Waals surface area (Å²) in [6.45, 7) is 1.27. The van der Waals surface area contributed by atoms with Gasteiger partial charge in [0.1, 0.15) is 0 Å². The summed E-state index contributed by atoms with van der Waals surface area (Å²) in [5, 5.41) is 0.0824. The second-order valence-electron chi connectivity index (χ2n) is 4.13. The SMILES string of the molecule is COc1nc(Cl)nc(-c2ccc3c(c2)OCCCO3)n1. The molecule has 0 spiro atoms. The highest BCUT2D eigenvalue weighted by Crippen LogP contribution is 2.33. The second-order valence-corrected chi connectivity index (χ2v) is 4.46. The largest absolute Gasteiger partial charge is 0.490 e. The van der Waals surface area contributed by atoms with Crippen LogP contribution in [0.5, 0.6) is 17.5 Å². The maximum Gasteiger partial charge on any atom is 0.321 e. The topological polar surface area (TPSA) is 66.4 Å². The summed E-state index contributed by atoms with van der Waals surface area (Å²) in [6, 6.07) is 5.68. The zero-order valence-electron chi connectivity index (χ0n) is 10.8. The Balaban J connectivity index is 2.02. The molecule has 1 aromatic heterocycles. The van der Waals surface area contributed by atoms with E-state index in [1.807, 2.05) is 18.2 Å². The van der Waals surface area contributed by atoms with Crippen LogP contribution in [-0.2, 0) is 0 Å². The van der Waals surface area contributed by atoms with E-state index in [2.05, 4.69) is 15.0 Å². The second kappa shape index (κ2) is 5.50. The molecule has 3 rings (SSSR count). The van der Waals surface area contributed by atoms with Crippen molar-refractivity contribution in [2.24, 2.45) is 0 Å². The third-order valence-corrected chi connectivity index (χ3v) is 2.94. The fraction of sp³-hybridized carbons (Fsp3) is 0.308. The van der Waals surface area contributed by atoms with Crippen molar-refractivity contribution >= 4 is 11.6 Å². The molecule has 1 aliphatic rings. The maximum atomic E-state index is 5.85. The molecule has 0 atom stereocenters. The highest BCUT2D eigenvalue weighted by Gasteiger charge is 2.14. The van der Waals surface area contributed by atoms with Crippen LogP contribution in [-0.4, -0.2) is 35.3 Å². The molecule has 0 saturated heterocycles. The van der Waals surface area contributed by atoms with Gasteiger partial charge in [0.25, 0.3) is 0 Å². The van der Waals surface area contributed by atoms with Gasteiger partial charge >= 0.3 is 6.01 Å². The first-order valence-electron chi connectivity index (χ1n) is 6.12. The summed E-state index contributed by atoms with van der Waals surface area (Å²) in [5.41, 5.74) is 0.761. The molecule has 20 heavy (non-hydrogen) atoms. The number of methoxy groups -OCH3 is 1. The summed E-state index contributed by atoms with van der Waals surface area (Å²) in [7, 11) is 1.48. The highest BCUT2D eigenvalue weighted by atomic mass is 35.5. The predicted molar refractivity (Wildman–Crippen MR) is 72.4 cm³/mol. The average molecular weight is 294 g/mol. The van der Waals surface area contributed by atoms with E-state index in [1.165, 1.54) is 7.11 Å². The smallest absolute Gasteiger partial charge is 0.321 e. The molecule has 1 aromatic carbocycles. The van der Waals surface area contributed by atoms with E-state index >= 15 is 0 Å². The van der Waals surface area contributed by atoms with E-state index in [0.29, 0.717) is 24.8 Å². The minimum absolute atomic E-state index is 0.0824. The van der Waals surface area contributed by atoms with Gasteiger partial charge in [-0.15, -0.1) is 0 Å². The molecule has 1 aliphatic heterocycles. The fourth-order valence-corrected chi connectivity index (χ4v) is 2.01. The first kappa shape index (κ1) is 12.9. The van der Waals surface area contributed by atoms with Gasteiger partial charge in [-0.25, -0.2) is 0 Å². The lowest BCUT2D eigenvalue weighted by Crippen LogP contribution is -1.98. The van der Waals surface area contributed by atoms with E-state index < -0.39 is 0 Å². The van der Waals surface area contributed by atoms with Gasteiger partial charge in [-0.2, -0.15) is 15.0 Å². The Labute approximate surface area is 120 Å². The maximum absolute atomic E-state index is 5.85. The van der Waals surface area contributed by atoms with Crippen molar-refractivity contribution in [3.05, 3.63) is 23.5 Å². The number of benzene rings is 1.